The van der Waals surface area contributed by atoms with Crippen molar-refractivity contribution in [3.05, 3.63) is 29.8 Å². The number of rotatable bonds is 6. The number of hydrogen-bond donors (Lipinski definition) is 2. The lowest BCUT2D eigenvalue weighted by atomic mass is 10.1. The molecule has 0 saturated heterocycles. The van der Waals surface area contributed by atoms with E-state index in [4.69, 9.17) is 5.11 Å². The average Bonchev–Trinajstić information content (AvgIpc) is 2.28. The number of nitrogens with zero attached hydrogens (tertiary/aromatic N) is 1. The molecule has 2 N–H and O–H groups in total. The van der Waals surface area contributed by atoms with Gasteiger partial charge in [-0.05, 0) is 25.1 Å². The first-order valence-electron chi connectivity index (χ1n) is 5.79. The highest BCUT2D eigenvalue weighted by Gasteiger charge is 2.18. The van der Waals surface area contributed by atoms with E-state index in [-0.39, 0.29) is 0 Å². The van der Waals surface area contributed by atoms with Crippen LogP contribution in [0.5, 0.6) is 0 Å². The molecule has 0 saturated carbocycles. The van der Waals surface area contributed by atoms with Crippen LogP contribution in [0.15, 0.2) is 24.3 Å². The lowest BCUT2D eigenvalue weighted by Gasteiger charge is -2.25. The Balaban J connectivity index is 2.73. The summed E-state index contributed by atoms with van der Waals surface area (Å²) in [5.74, 6) is -0.813. The number of carboxylic acid groups (broad SMARTS) is 1. The van der Waals surface area contributed by atoms with Gasteiger partial charge in [0.25, 0.3) is 0 Å². The molecular weight excluding hydrogens is 216 g/mol. The fraction of sp³-hybridized carbons (Fsp3) is 0.462. The molecule has 94 valence electrons. The maximum absolute atomic E-state index is 11.1. The highest BCUT2D eigenvalue weighted by atomic mass is 16.4. The molecule has 4 heteroatoms. The van der Waals surface area contributed by atoms with Gasteiger partial charge >= 0.3 is 5.97 Å². The number of carbonyl (C=O) groups is 1. The zero-order valence-electron chi connectivity index (χ0n) is 10.6. The molecule has 4 nitrogen and oxygen atoms in total. The quantitative estimate of drug-likeness (QED) is 0.786. The predicted octanol–water partition coefficient (Wildman–Crippen LogP) is 1.49. The third-order valence-electron chi connectivity index (χ3n) is 2.73. The molecule has 0 aliphatic heterocycles. The molecule has 0 aromatic heterocycles. The molecule has 0 bridgehead atoms. The number of anilines is 1. The van der Waals surface area contributed by atoms with Crippen molar-refractivity contribution in [1.82, 2.24) is 5.32 Å². The van der Waals surface area contributed by atoms with E-state index in [1.165, 1.54) is 0 Å². The fourth-order valence-electron chi connectivity index (χ4n) is 1.84. The number of nitrogens with one attached hydrogen (secondary N) is 1. The number of carboxylic acids is 1. The van der Waals surface area contributed by atoms with Crippen molar-refractivity contribution >= 4 is 11.7 Å². The summed E-state index contributed by atoms with van der Waals surface area (Å²) in [7, 11) is 1.91. The first kappa shape index (κ1) is 13.5. The minimum Gasteiger partial charge on any atom is -0.480 e. The Kier molecular flexibility index (Phi) is 4.97. The molecular formula is C13H20N2O2. The summed E-state index contributed by atoms with van der Waals surface area (Å²) in [4.78, 5) is 13.0. The van der Waals surface area contributed by atoms with Crippen LogP contribution in [0.2, 0.25) is 0 Å². The first-order valence-corrected chi connectivity index (χ1v) is 5.79. The number of likely N-dealkylation sites (N-methyl/N-ethyl adjacent to an activating group) is 2. The Morgan fingerprint density at radius 3 is 2.65 bits per heavy atom. The van der Waals surface area contributed by atoms with Gasteiger partial charge < -0.3 is 15.3 Å². The van der Waals surface area contributed by atoms with Gasteiger partial charge in [-0.2, -0.15) is 0 Å². The monoisotopic (exact) mass is 236 g/mol. The Bertz CT molecular complexity index is 379. The standard InChI is InChI=1S/C13H20N2O2/c1-4-14-11(13(16)17)9-15(3)12-8-6-5-7-10(12)2/h5-8,11,14H,4,9H2,1-3H3,(H,16,17). The average molecular weight is 236 g/mol. The van der Waals surface area contributed by atoms with Gasteiger partial charge in [-0.15, -0.1) is 0 Å². The second-order valence-electron chi connectivity index (χ2n) is 4.12. The lowest BCUT2D eigenvalue weighted by molar-refractivity contribution is -0.139. The molecule has 0 spiro atoms. The normalized spacial score (nSPS) is 12.2. The van der Waals surface area contributed by atoms with Gasteiger partial charge in [0.2, 0.25) is 0 Å². The molecule has 0 aliphatic carbocycles. The van der Waals surface area contributed by atoms with Crippen molar-refractivity contribution in [2.24, 2.45) is 0 Å². The summed E-state index contributed by atoms with van der Waals surface area (Å²) in [6.45, 7) is 5.03. The van der Waals surface area contributed by atoms with Crippen LogP contribution in [0.1, 0.15) is 12.5 Å². The van der Waals surface area contributed by atoms with Crippen LogP contribution < -0.4 is 10.2 Å². The van der Waals surface area contributed by atoms with Gasteiger partial charge in [-0.25, -0.2) is 0 Å². The second-order valence-corrected chi connectivity index (χ2v) is 4.12. The molecule has 0 amide bonds. The van der Waals surface area contributed by atoms with Crippen LogP contribution in [0.25, 0.3) is 0 Å². The molecule has 1 aromatic rings. The van der Waals surface area contributed by atoms with Crippen molar-refractivity contribution in [2.75, 3.05) is 25.0 Å². The second kappa shape index (κ2) is 6.25. The SMILES string of the molecule is CCNC(CN(C)c1ccccc1C)C(=O)O. The van der Waals surface area contributed by atoms with Gasteiger partial charge in [-0.1, -0.05) is 25.1 Å². The summed E-state index contributed by atoms with van der Waals surface area (Å²) >= 11 is 0. The highest BCUT2D eigenvalue weighted by molar-refractivity contribution is 5.74. The maximum Gasteiger partial charge on any atom is 0.322 e. The molecule has 17 heavy (non-hydrogen) atoms. The van der Waals surface area contributed by atoms with E-state index in [0.717, 1.165) is 11.3 Å². The molecule has 0 aliphatic rings. The lowest BCUT2D eigenvalue weighted by Crippen LogP contribution is -2.45. The number of aryl methyl sites for hydroxylation is 1. The third-order valence-corrected chi connectivity index (χ3v) is 2.73. The molecule has 1 rings (SSSR count). The van der Waals surface area contributed by atoms with Crippen molar-refractivity contribution in [3.8, 4) is 0 Å². The van der Waals surface area contributed by atoms with Crippen LogP contribution in [-0.4, -0.2) is 37.3 Å². The van der Waals surface area contributed by atoms with Crippen LogP contribution in [0.4, 0.5) is 5.69 Å². The van der Waals surface area contributed by atoms with Crippen molar-refractivity contribution in [3.63, 3.8) is 0 Å². The number of hydrogen-bond acceptors (Lipinski definition) is 3. The van der Waals surface area contributed by atoms with E-state index >= 15 is 0 Å². The van der Waals surface area contributed by atoms with Gasteiger partial charge in [-0.3, -0.25) is 4.79 Å². The van der Waals surface area contributed by atoms with Crippen LogP contribution >= 0.6 is 0 Å². The zero-order chi connectivity index (χ0) is 12.8. The van der Waals surface area contributed by atoms with Crippen LogP contribution in [0.3, 0.4) is 0 Å². The maximum atomic E-state index is 11.1. The summed E-state index contributed by atoms with van der Waals surface area (Å²) in [6, 6.07) is 7.42. The van der Waals surface area contributed by atoms with Crippen LogP contribution in [0, 0.1) is 6.92 Å². The van der Waals surface area contributed by atoms with E-state index in [2.05, 4.69) is 5.32 Å². The molecule has 1 unspecified atom stereocenters. The van der Waals surface area contributed by atoms with Crippen molar-refractivity contribution in [1.29, 1.82) is 0 Å². The van der Waals surface area contributed by atoms with E-state index in [0.29, 0.717) is 13.1 Å². The van der Waals surface area contributed by atoms with Crippen LogP contribution in [-0.2, 0) is 4.79 Å². The van der Waals surface area contributed by atoms with Gasteiger partial charge in [0.1, 0.15) is 6.04 Å². The molecule has 1 atom stereocenters. The van der Waals surface area contributed by atoms with E-state index in [1.54, 1.807) is 0 Å². The van der Waals surface area contributed by atoms with Crippen molar-refractivity contribution in [2.45, 2.75) is 19.9 Å². The summed E-state index contributed by atoms with van der Waals surface area (Å²) in [6.07, 6.45) is 0. The zero-order valence-corrected chi connectivity index (χ0v) is 10.6. The Morgan fingerprint density at radius 1 is 1.47 bits per heavy atom. The fourth-order valence-corrected chi connectivity index (χ4v) is 1.84. The van der Waals surface area contributed by atoms with Crippen molar-refractivity contribution < 1.29 is 9.90 Å². The minimum absolute atomic E-state index is 0.452. The van der Waals surface area contributed by atoms with Gasteiger partial charge in [0.05, 0.1) is 0 Å². The Hall–Kier alpha value is -1.55. The van der Waals surface area contributed by atoms with Gasteiger partial charge in [0, 0.05) is 19.3 Å². The Morgan fingerprint density at radius 2 is 2.12 bits per heavy atom. The van der Waals surface area contributed by atoms with E-state index in [9.17, 15) is 4.79 Å². The number of aliphatic carboxylic acids is 1. The number of benzene rings is 1. The third kappa shape index (κ3) is 3.75. The summed E-state index contributed by atoms with van der Waals surface area (Å²) < 4.78 is 0. The summed E-state index contributed by atoms with van der Waals surface area (Å²) in [5, 5.41) is 12.0. The van der Waals surface area contributed by atoms with Gasteiger partial charge in [0.15, 0.2) is 0 Å². The highest BCUT2D eigenvalue weighted by Crippen LogP contribution is 2.17. The topological polar surface area (TPSA) is 52.6 Å². The van der Waals surface area contributed by atoms with E-state index in [1.807, 2.05) is 50.1 Å². The molecule has 0 heterocycles. The molecule has 0 fully saturated rings. The number of para-hydroxylation sites is 1. The Labute approximate surface area is 102 Å². The molecule has 1 aromatic carbocycles. The largest absolute Gasteiger partial charge is 0.480 e. The molecule has 0 radical (unpaired) electrons. The minimum atomic E-state index is -0.813. The predicted molar refractivity (Wildman–Crippen MR) is 69.5 cm³/mol. The summed E-state index contributed by atoms with van der Waals surface area (Å²) in [5.41, 5.74) is 2.22. The van der Waals surface area contributed by atoms with E-state index < -0.39 is 12.0 Å². The smallest absolute Gasteiger partial charge is 0.322 e. The first-order chi connectivity index (χ1) is 8.06.